The molecular formula is C28H54BrNO2. The van der Waals surface area contributed by atoms with Crippen molar-refractivity contribution in [3.05, 3.63) is 24.3 Å². The van der Waals surface area contributed by atoms with E-state index < -0.39 is 5.60 Å². The van der Waals surface area contributed by atoms with E-state index in [2.05, 4.69) is 45.2 Å². The van der Waals surface area contributed by atoms with Gasteiger partial charge in [-0.15, -0.1) is 17.0 Å². The summed E-state index contributed by atoms with van der Waals surface area (Å²) in [5, 5.41) is 0. The van der Waals surface area contributed by atoms with E-state index in [4.69, 9.17) is 4.74 Å². The number of unbranched alkanes of at least 4 members (excludes halogenated alkanes) is 10. The molecule has 0 bridgehead atoms. The van der Waals surface area contributed by atoms with Crippen LogP contribution in [0, 0.1) is 0 Å². The summed E-state index contributed by atoms with van der Waals surface area (Å²) < 4.78 is 5.89. The number of carbonyl (C=O) groups is 1. The van der Waals surface area contributed by atoms with Crippen LogP contribution in [0.1, 0.15) is 125 Å². The van der Waals surface area contributed by atoms with Gasteiger partial charge in [0.05, 0.1) is 6.54 Å². The van der Waals surface area contributed by atoms with E-state index in [1.54, 1.807) is 6.08 Å². The molecule has 0 fully saturated rings. The topological polar surface area (TPSA) is 29.5 Å². The molecule has 0 aromatic heterocycles. The molecule has 0 saturated heterocycles. The molecule has 0 N–H and O–H groups in total. The van der Waals surface area contributed by atoms with E-state index in [-0.39, 0.29) is 23.0 Å². The van der Waals surface area contributed by atoms with Crippen molar-refractivity contribution in [3.63, 3.8) is 0 Å². The number of hydrogen-bond acceptors (Lipinski definition) is 3. The smallest absolute Gasteiger partial charge is 0.321 e. The Morgan fingerprint density at radius 1 is 0.875 bits per heavy atom. The van der Waals surface area contributed by atoms with Gasteiger partial charge in [0.2, 0.25) is 0 Å². The van der Waals surface area contributed by atoms with E-state index in [1.807, 2.05) is 6.92 Å². The number of hydrogen-bond donors (Lipinski definition) is 0. The predicted octanol–water partition coefficient (Wildman–Crippen LogP) is 8.82. The second kappa shape index (κ2) is 22.2. The lowest BCUT2D eigenvalue weighted by Gasteiger charge is -2.28. The third-order valence-corrected chi connectivity index (χ3v) is 5.98. The molecule has 0 aromatic carbocycles. The van der Waals surface area contributed by atoms with E-state index in [1.165, 1.54) is 82.6 Å². The average Bonchev–Trinajstić information content (AvgIpc) is 2.72. The molecule has 0 rings (SSSR count). The van der Waals surface area contributed by atoms with Crippen LogP contribution < -0.4 is 0 Å². The van der Waals surface area contributed by atoms with Gasteiger partial charge in [-0.05, 0) is 65.6 Å². The number of ether oxygens (including phenoxy) is 1. The maximum absolute atomic E-state index is 12.7. The maximum atomic E-state index is 12.7. The molecule has 0 saturated carbocycles. The van der Waals surface area contributed by atoms with Crippen molar-refractivity contribution in [2.45, 2.75) is 130 Å². The van der Waals surface area contributed by atoms with E-state index >= 15 is 0 Å². The van der Waals surface area contributed by atoms with Crippen LogP contribution in [-0.2, 0) is 9.53 Å². The molecule has 190 valence electrons. The van der Waals surface area contributed by atoms with Gasteiger partial charge in [0.1, 0.15) is 5.60 Å². The van der Waals surface area contributed by atoms with Gasteiger partial charge >= 0.3 is 5.97 Å². The Morgan fingerprint density at radius 3 is 1.78 bits per heavy atom. The van der Waals surface area contributed by atoms with Gasteiger partial charge in [0.15, 0.2) is 0 Å². The first kappa shape index (κ1) is 33.6. The first-order valence-corrected chi connectivity index (χ1v) is 13.1. The minimum Gasteiger partial charge on any atom is -0.454 e. The molecule has 1 atom stereocenters. The van der Waals surface area contributed by atoms with E-state index in [9.17, 15) is 4.79 Å². The summed E-state index contributed by atoms with van der Waals surface area (Å²) in [7, 11) is 0. The molecule has 0 radical (unpaired) electrons. The third kappa shape index (κ3) is 20.0. The minimum absolute atomic E-state index is 0. The van der Waals surface area contributed by atoms with Crippen LogP contribution >= 0.6 is 17.0 Å². The number of rotatable bonds is 21. The summed E-state index contributed by atoms with van der Waals surface area (Å²) in [6.45, 7) is 17.0. The van der Waals surface area contributed by atoms with Crippen LogP contribution in [0.15, 0.2) is 24.3 Å². The van der Waals surface area contributed by atoms with Gasteiger partial charge < -0.3 is 4.74 Å². The van der Waals surface area contributed by atoms with Crippen LogP contribution in [-0.4, -0.2) is 36.1 Å². The Hall–Kier alpha value is -0.610. The normalized spacial score (nSPS) is 12.7. The van der Waals surface area contributed by atoms with Crippen molar-refractivity contribution in [2.24, 2.45) is 0 Å². The first-order chi connectivity index (χ1) is 14.9. The van der Waals surface area contributed by atoms with Gasteiger partial charge in [-0.25, -0.2) is 0 Å². The third-order valence-electron chi connectivity index (χ3n) is 5.98. The van der Waals surface area contributed by atoms with Crippen molar-refractivity contribution in [2.75, 3.05) is 19.6 Å². The molecule has 4 heteroatoms. The SMILES string of the molecule is Br.C=CC(C)(CCC=C(C)C)OC(=O)CN(CCCCCCCC)CCCCCCCC. The van der Waals surface area contributed by atoms with Crippen molar-refractivity contribution in [3.8, 4) is 0 Å². The Labute approximate surface area is 211 Å². The quantitative estimate of drug-likeness (QED) is 0.0867. The minimum atomic E-state index is -0.588. The zero-order valence-corrected chi connectivity index (χ0v) is 23.8. The highest BCUT2D eigenvalue weighted by atomic mass is 79.9. The number of carbonyl (C=O) groups excluding carboxylic acids is 1. The summed E-state index contributed by atoms with van der Waals surface area (Å²) >= 11 is 0. The van der Waals surface area contributed by atoms with Gasteiger partial charge in [-0.1, -0.05) is 96.3 Å². The fourth-order valence-corrected chi connectivity index (χ4v) is 3.82. The van der Waals surface area contributed by atoms with E-state index in [0.29, 0.717) is 6.54 Å². The Bertz CT molecular complexity index is 472. The van der Waals surface area contributed by atoms with E-state index in [0.717, 1.165) is 25.9 Å². The average molecular weight is 517 g/mol. The molecule has 0 aliphatic rings. The fraction of sp³-hybridized carbons (Fsp3) is 0.821. The standard InChI is InChI=1S/C28H53NO2.BrH/c1-7-10-12-14-16-18-23-29(24-19-17-15-13-11-8-2)25-27(30)31-28(6,9-3)22-20-21-26(4)5;/h9,21H,3,7-8,10-20,22-25H2,1-2,4-6H3;1H. The number of allylic oxidation sites excluding steroid dienone is 2. The van der Waals surface area contributed by atoms with Crippen LogP contribution in [0.5, 0.6) is 0 Å². The van der Waals surface area contributed by atoms with Crippen molar-refractivity contribution >= 4 is 23.0 Å². The summed E-state index contributed by atoms with van der Waals surface area (Å²) in [6, 6.07) is 0. The van der Waals surface area contributed by atoms with Gasteiger partial charge in [-0.3, -0.25) is 9.69 Å². The molecular weight excluding hydrogens is 462 g/mol. The molecule has 0 aliphatic carbocycles. The van der Waals surface area contributed by atoms with Crippen LogP contribution in [0.3, 0.4) is 0 Å². The lowest BCUT2D eigenvalue weighted by molar-refractivity contribution is -0.155. The van der Waals surface area contributed by atoms with Crippen molar-refractivity contribution in [1.82, 2.24) is 4.90 Å². The van der Waals surface area contributed by atoms with Gasteiger partial charge in [-0.2, -0.15) is 0 Å². The second-order valence-corrected chi connectivity index (χ2v) is 9.62. The molecule has 0 amide bonds. The summed E-state index contributed by atoms with van der Waals surface area (Å²) in [5.41, 5.74) is 0.705. The molecule has 0 heterocycles. The number of esters is 1. The largest absolute Gasteiger partial charge is 0.454 e. The lowest BCUT2D eigenvalue weighted by Crippen LogP contribution is -2.37. The van der Waals surface area contributed by atoms with Crippen molar-refractivity contribution < 1.29 is 9.53 Å². The maximum Gasteiger partial charge on any atom is 0.321 e. The molecule has 32 heavy (non-hydrogen) atoms. The van der Waals surface area contributed by atoms with Crippen molar-refractivity contribution in [1.29, 1.82) is 0 Å². The zero-order valence-electron chi connectivity index (χ0n) is 22.1. The predicted molar refractivity (Wildman–Crippen MR) is 147 cm³/mol. The Morgan fingerprint density at radius 2 is 1.34 bits per heavy atom. The number of halogens is 1. The highest BCUT2D eigenvalue weighted by Crippen LogP contribution is 2.20. The van der Waals surface area contributed by atoms with Crippen LogP contribution in [0.2, 0.25) is 0 Å². The first-order valence-electron chi connectivity index (χ1n) is 13.1. The Balaban J connectivity index is 0. The second-order valence-electron chi connectivity index (χ2n) is 9.62. The monoisotopic (exact) mass is 515 g/mol. The molecule has 1 unspecified atom stereocenters. The summed E-state index contributed by atoms with van der Waals surface area (Å²) in [5.74, 6) is -0.114. The molecule has 0 aliphatic heterocycles. The summed E-state index contributed by atoms with van der Waals surface area (Å²) in [4.78, 5) is 15.1. The highest BCUT2D eigenvalue weighted by molar-refractivity contribution is 8.93. The van der Waals surface area contributed by atoms with Crippen LogP contribution in [0.4, 0.5) is 0 Å². The summed E-state index contributed by atoms with van der Waals surface area (Å²) in [6.07, 6.45) is 21.0. The zero-order chi connectivity index (χ0) is 23.4. The lowest BCUT2D eigenvalue weighted by atomic mass is 9.99. The van der Waals surface area contributed by atoms with Gasteiger partial charge in [0, 0.05) is 0 Å². The number of nitrogens with zero attached hydrogens (tertiary/aromatic N) is 1. The van der Waals surface area contributed by atoms with Crippen LogP contribution in [0.25, 0.3) is 0 Å². The highest BCUT2D eigenvalue weighted by Gasteiger charge is 2.25. The van der Waals surface area contributed by atoms with Gasteiger partial charge in [0.25, 0.3) is 0 Å². The molecule has 0 spiro atoms. The fourth-order valence-electron chi connectivity index (χ4n) is 3.82. The molecule has 3 nitrogen and oxygen atoms in total. The Kier molecular flexibility index (Phi) is 23.3. The molecule has 0 aromatic rings.